The van der Waals surface area contributed by atoms with Gasteiger partial charge in [0.2, 0.25) is 0 Å². The van der Waals surface area contributed by atoms with E-state index in [2.05, 4.69) is 5.32 Å². The number of hydrogen-bond donors (Lipinski definition) is 2. The van der Waals surface area contributed by atoms with Crippen LogP contribution < -0.4 is 10.6 Å². The lowest BCUT2D eigenvalue weighted by Crippen LogP contribution is -2.91. The van der Waals surface area contributed by atoms with Crippen LogP contribution in [0.3, 0.4) is 0 Å². The molecule has 1 amide bonds. The molecule has 22 heavy (non-hydrogen) atoms. The molecule has 0 aromatic heterocycles. The molecular formula is C17H19F2N2O+. The normalized spacial score (nSPS) is 13.5. The van der Waals surface area contributed by atoms with Crippen molar-refractivity contribution in [2.24, 2.45) is 0 Å². The molecule has 3 N–H and O–H groups in total. The molecule has 2 aromatic rings. The van der Waals surface area contributed by atoms with Crippen molar-refractivity contribution in [1.29, 1.82) is 0 Å². The van der Waals surface area contributed by atoms with Crippen molar-refractivity contribution >= 4 is 11.6 Å². The number of carbonyl (C=O) groups is 1. The van der Waals surface area contributed by atoms with Crippen LogP contribution in [0, 0.1) is 11.6 Å². The van der Waals surface area contributed by atoms with Gasteiger partial charge in [0.15, 0.2) is 6.04 Å². The Morgan fingerprint density at radius 3 is 2.45 bits per heavy atom. The van der Waals surface area contributed by atoms with Crippen LogP contribution >= 0.6 is 0 Å². The Kier molecular flexibility index (Phi) is 5.22. The van der Waals surface area contributed by atoms with Crippen LogP contribution in [0.15, 0.2) is 48.5 Å². The Morgan fingerprint density at radius 1 is 1.09 bits per heavy atom. The third-order valence-electron chi connectivity index (χ3n) is 3.50. The summed E-state index contributed by atoms with van der Waals surface area (Å²) in [6, 6.07) is 12.4. The maximum atomic E-state index is 13.5. The smallest absolute Gasteiger partial charge is 0.282 e. The molecule has 0 heterocycles. The summed E-state index contributed by atoms with van der Waals surface area (Å²) in [6.45, 7) is 3.72. The Morgan fingerprint density at radius 2 is 1.77 bits per heavy atom. The zero-order valence-electron chi connectivity index (χ0n) is 12.5. The van der Waals surface area contributed by atoms with Gasteiger partial charge in [-0.25, -0.2) is 8.78 Å². The van der Waals surface area contributed by atoms with E-state index in [1.165, 1.54) is 0 Å². The fraction of sp³-hybridized carbons (Fsp3) is 0.235. The van der Waals surface area contributed by atoms with Gasteiger partial charge in [0.1, 0.15) is 17.7 Å². The van der Waals surface area contributed by atoms with Gasteiger partial charge in [0.25, 0.3) is 5.91 Å². The van der Waals surface area contributed by atoms with Gasteiger partial charge in [0, 0.05) is 11.6 Å². The summed E-state index contributed by atoms with van der Waals surface area (Å²) >= 11 is 0. The standard InChI is InChI=1S/C17H18F2N2O/c1-11(13-6-4-3-5-7-13)20-12(2)17(22)21-16-10-14(18)8-9-15(16)19/h3-12,20H,1-2H3,(H,21,22)/p+1/t11-,12-/m1/s1. The number of carbonyl (C=O) groups excluding carboxylic acids is 1. The van der Waals surface area contributed by atoms with Crippen LogP contribution in [0.2, 0.25) is 0 Å². The molecule has 2 aromatic carbocycles. The highest BCUT2D eigenvalue weighted by molar-refractivity contribution is 5.93. The molecular weight excluding hydrogens is 286 g/mol. The molecule has 3 nitrogen and oxygen atoms in total. The first-order valence-corrected chi connectivity index (χ1v) is 7.13. The molecule has 0 radical (unpaired) electrons. The highest BCUT2D eigenvalue weighted by Gasteiger charge is 2.21. The van der Waals surface area contributed by atoms with E-state index in [1.54, 1.807) is 6.92 Å². The SMILES string of the molecule is C[C@@H]([NH2+][C@H](C)c1ccccc1)C(=O)Nc1cc(F)ccc1F. The van der Waals surface area contributed by atoms with Gasteiger partial charge in [-0.2, -0.15) is 0 Å². The van der Waals surface area contributed by atoms with E-state index < -0.39 is 17.7 Å². The maximum Gasteiger partial charge on any atom is 0.282 e. The molecule has 0 aliphatic heterocycles. The number of halogens is 2. The van der Waals surface area contributed by atoms with Crippen molar-refractivity contribution in [1.82, 2.24) is 0 Å². The number of benzene rings is 2. The summed E-state index contributed by atoms with van der Waals surface area (Å²) in [5.41, 5.74) is 0.955. The fourth-order valence-electron chi connectivity index (χ4n) is 2.23. The average Bonchev–Trinajstić information content (AvgIpc) is 2.51. The summed E-state index contributed by atoms with van der Waals surface area (Å²) in [5.74, 6) is -1.61. The Bertz CT molecular complexity index is 646. The molecule has 0 spiro atoms. The zero-order chi connectivity index (χ0) is 16.1. The van der Waals surface area contributed by atoms with Gasteiger partial charge in [-0.1, -0.05) is 30.3 Å². The quantitative estimate of drug-likeness (QED) is 0.876. The molecule has 5 heteroatoms. The van der Waals surface area contributed by atoms with E-state index >= 15 is 0 Å². The number of quaternary nitrogens is 1. The minimum absolute atomic E-state index is 0.0827. The minimum Gasteiger partial charge on any atom is -0.330 e. The van der Waals surface area contributed by atoms with Crippen molar-refractivity contribution in [3.05, 3.63) is 65.7 Å². The van der Waals surface area contributed by atoms with Crippen LogP contribution in [-0.4, -0.2) is 11.9 Å². The summed E-state index contributed by atoms with van der Waals surface area (Å²) in [6.07, 6.45) is 0. The average molecular weight is 305 g/mol. The summed E-state index contributed by atoms with van der Waals surface area (Å²) < 4.78 is 26.6. The molecule has 0 aliphatic carbocycles. The second-order valence-corrected chi connectivity index (χ2v) is 5.29. The van der Waals surface area contributed by atoms with Crippen LogP contribution in [0.1, 0.15) is 25.5 Å². The molecule has 0 saturated heterocycles. The minimum atomic E-state index is -0.655. The number of anilines is 1. The van der Waals surface area contributed by atoms with Crippen molar-refractivity contribution in [2.45, 2.75) is 25.9 Å². The monoisotopic (exact) mass is 305 g/mol. The van der Waals surface area contributed by atoms with Gasteiger partial charge in [-0.15, -0.1) is 0 Å². The molecule has 0 aliphatic rings. The lowest BCUT2D eigenvalue weighted by Gasteiger charge is -2.17. The maximum absolute atomic E-state index is 13.5. The second kappa shape index (κ2) is 7.13. The first-order valence-electron chi connectivity index (χ1n) is 7.13. The van der Waals surface area contributed by atoms with Crippen LogP contribution in [0.4, 0.5) is 14.5 Å². The first kappa shape index (κ1) is 16.1. The Balaban J connectivity index is 1.99. The van der Waals surface area contributed by atoms with E-state index in [-0.39, 0.29) is 17.6 Å². The number of nitrogens with one attached hydrogen (secondary N) is 1. The fourth-order valence-corrected chi connectivity index (χ4v) is 2.23. The van der Waals surface area contributed by atoms with Gasteiger partial charge in [0.05, 0.1) is 5.69 Å². The number of hydrogen-bond acceptors (Lipinski definition) is 1. The van der Waals surface area contributed by atoms with Gasteiger partial charge < -0.3 is 10.6 Å². The first-order chi connectivity index (χ1) is 10.5. The second-order valence-electron chi connectivity index (χ2n) is 5.29. The van der Waals surface area contributed by atoms with Crippen molar-refractivity contribution in [3.8, 4) is 0 Å². The molecule has 0 fully saturated rings. The van der Waals surface area contributed by atoms with Crippen molar-refractivity contribution in [3.63, 3.8) is 0 Å². The van der Waals surface area contributed by atoms with Crippen molar-refractivity contribution in [2.75, 3.05) is 5.32 Å². The van der Waals surface area contributed by atoms with Gasteiger partial charge in [-0.05, 0) is 26.0 Å². The zero-order valence-corrected chi connectivity index (χ0v) is 12.5. The van der Waals surface area contributed by atoms with Crippen LogP contribution in [-0.2, 0) is 4.79 Å². The lowest BCUT2D eigenvalue weighted by atomic mass is 10.1. The van der Waals surface area contributed by atoms with Crippen LogP contribution in [0.5, 0.6) is 0 Å². The van der Waals surface area contributed by atoms with E-state index in [0.717, 1.165) is 23.8 Å². The predicted molar refractivity (Wildman–Crippen MR) is 81.2 cm³/mol. The van der Waals surface area contributed by atoms with E-state index in [1.807, 2.05) is 42.6 Å². The van der Waals surface area contributed by atoms with Gasteiger partial charge >= 0.3 is 0 Å². The molecule has 116 valence electrons. The number of nitrogens with two attached hydrogens (primary N) is 1. The summed E-state index contributed by atoms with van der Waals surface area (Å²) in [7, 11) is 0. The Hall–Kier alpha value is -2.27. The van der Waals surface area contributed by atoms with E-state index in [4.69, 9.17) is 0 Å². The van der Waals surface area contributed by atoms with Crippen LogP contribution in [0.25, 0.3) is 0 Å². The third-order valence-corrected chi connectivity index (χ3v) is 3.50. The molecule has 2 rings (SSSR count). The highest BCUT2D eigenvalue weighted by Crippen LogP contribution is 2.15. The topological polar surface area (TPSA) is 45.7 Å². The van der Waals surface area contributed by atoms with Crippen molar-refractivity contribution < 1.29 is 18.9 Å². The van der Waals surface area contributed by atoms with E-state index in [0.29, 0.717) is 0 Å². The number of amides is 1. The molecule has 0 bridgehead atoms. The molecule has 0 unspecified atom stereocenters. The lowest BCUT2D eigenvalue weighted by molar-refractivity contribution is -0.709. The summed E-state index contributed by atoms with van der Waals surface area (Å²) in [5, 5.41) is 4.30. The highest BCUT2D eigenvalue weighted by atomic mass is 19.1. The number of rotatable bonds is 5. The Labute approximate surface area is 128 Å². The molecule has 0 saturated carbocycles. The van der Waals surface area contributed by atoms with E-state index in [9.17, 15) is 13.6 Å². The predicted octanol–water partition coefficient (Wildman–Crippen LogP) is 2.62. The van der Waals surface area contributed by atoms with Gasteiger partial charge in [-0.3, -0.25) is 4.79 Å². The molecule has 2 atom stereocenters. The third kappa shape index (κ3) is 4.11. The summed E-state index contributed by atoms with van der Waals surface area (Å²) in [4.78, 5) is 12.1. The largest absolute Gasteiger partial charge is 0.330 e.